The molecule has 0 saturated carbocycles. The van der Waals surface area contributed by atoms with Gasteiger partial charge in [-0.05, 0) is 38.6 Å². The lowest BCUT2D eigenvalue weighted by Crippen LogP contribution is -2.39. The molecular weight excluding hydrogens is 242 g/mol. The van der Waals surface area contributed by atoms with Gasteiger partial charge in [0, 0.05) is 13.6 Å². The van der Waals surface area contributed by atoms with Crippen molar-refractivity contribution >= 4 is 10.9 Å². The largest absolute Gasteiger partial charge is 0.331 e. The quantitative estimate of drug-likeness (QED) is 0.821. The minimum absolute atomic E-state index is 0.196. The van der Waals surface area contributed by atoms with E-state index in [2.05, 4.69) is 5.32 Å². The normalized spacial score (nSPS) is 11.1. The van der Waals surface area contributed by atoms with Crippen molar-refractivity contribution < 1.29 is 0 Å². The number of aromatic nitrogens is 2. The van der Waals surface area contributed by atoms with Crippen LogP contribution in [0.3, 0.4) is 0 Å². The maximum atomic E-state index is 12.4. The minimum Gasteiger partial charge on any atom is -0.320 e. The molecule has 0 spiro atoms. The second-order valence-electron chi connectivity index (χ2n) is 4.73. The number of rotatable bonds is 4. The molecule has 102 valence electrons. The smallest absolute Gasteiger partial charge is 0.320 e. The molecule has 0 bridgehead atoms. The van der Waals surface area contributed by atoms with Gasteiger partial charge in [0.25, 0.3) is 5.56 Å². The van der Waals surface area contributed by atoms with Gasteiger partial charge in [0.15, 0.2) is 0 Å². The zero-order valence-corrected chi connectivity index (χ0v) is 11.6. The third kappa shape index (κ3) is 2.33. The van der Waals surface area contributed by atoms with E-state index in [1.54, 1.807) is 17.7 Å². The van der Waals surface area contributed by atoms with Gasteiger partial charge in [-0.25, -0.2) is 4.79 Å². The van der Waals surface area contributed by atoms with Crippen molar-refractivity contribution in [2.45, 2.75) is 19.9 Å². The van der Waals surface area contributed by atoms with Crippen LogP contribution in [0, 0.1) is 6.92 Å². The molecule has 2 rings (SSSR count). The van der Waals surface area contributed by atoms with E-state index in [1.807, 2.05) is 26.1 Å². The number of fused-ring (bicyclic) bond motifs is 1. The molecule has 0 atom stereocenters. The molecule has 0 amide bonds. The van der Waals surface area contributed by atoms with Crippen LogP contribution in [0.1, 0.15) is 12.0 Å². The van der Waals surface area contributed by atoms with Gasteiger partial charge < -0.3 is 5.32 Å². The number of hydrogen-bond donors (Lipinski definition) is 1. The predicted octanol–water partition coefficient (Wildman–Crippen LogP) is 0.618. The summed E-state index contributed by atoms with van der Waals surface area (Å²) in [5.74, 6) is 0. The Morgan fingerprint density at radius 1 is 1.26 bits per heavy atom. The summed E-state index contributed by atoms with van der Waals surface area (Å²) in [7, 11) is 3.57. The number of para-hydroxylation sites is 1. The highest BCUT2D eigenvalue weighted by atomic mass is 16.2. The molecule has 0 saturated heterocycles. The first kappa shape index (κ1) is 13.5. The first-order chi connectivity index (χ1) is 9.07. The molecule has 1 aromatic heterocycles. The van der Waals surface area contributed by atoms with Crippen molar-refractivity contribution in [3.8, 4) is 0 Å². The number of hydrogen-bond acceptors (Lipinski definition) is 3. The maximum absolute atomic E-state index is 12.4. The van der Waals surface area contributed by atoms with Crippen LogP contribution in [0.15, 0.2) is 27.8 Å². The van der Waals surface area contributed by atoms with Gasteiger partial charge in [-0.2, -0.15) is 0 Å². The summed E-state index contributed by atoms with van der Waals surface area (Å²) in [6, 6.07) is 5.53. The van der Waals surface area contributed by atoms with E-state index in [0.717, 1.165) is 24.0 Å². The zero-order chi connectivity index (χ0) is 14.0. The zero-order valence-electron chi connectivity index (χ0n) is 11.6. The Kier molecular flexibility index (Phi) is 3.85. The average molecular weight is 261 g/mol. The van der Waals surface area contributed by atoms with Crippen LogP contribution in [0.25, 0.3) is 10.9 Å². The summed E-state index contributed by atoms with van der Waals surface area (Å²) in [4.78, 5) is 24.6. The molecule has 1 heterocycles. The van der Waals surface area contributed by atoms with Gasteiger partial charge in [-0.15, -0.1) is 0 Å². The van der Waals surface area contributed by atoms with Crippen LogP contribution in [0.2, 0.25) is 0 Å². The summed E-state index contributed by atoms with van der Waals surface area (Å²) in [6.07, 6.45) is 0.753. The average Bonchev–Trinajstić information content (AvgIpc) is 2.40. The molecule has 0 aliphatic rings. The molecule has 19 heavy (non-hydrogen) atoms. The molecule has 0 radical (unpaired) electrons. The Morgan fingerprint density at radius 2 is 2.00 bits per heavy atom. The summed E-state index contributed by atoms with van der Waals surface area (Å²) in [6.45, 7) is 3.13. The Morgan fingerprint density at radius 3 is 2.68 bits per heavy atom. The Balaban J connectivity index is 2.68. The molecule has 5 nitrogen and oxygen atoms in total. The van der Waals surface area contributed by atoms with Crippen molar-refractivity contribution in [1.82, 2.24) is 14.5 Å². The molecule has 0 aliphatic heterocycles. The van der Waals surface area contributed by atoms with Crippen molar-refractivity contribution in [1.29, 1.82) is 0 Å². The molecule has 0 fully saturated rings. The van der Waals surface area contributed by atoms with Crippen LogP contribution in [0.4, 0.5) is 0 Å². The first-order valence-corrected chi connectivity index (χ1v) is 6.41. The molecule has 0 aliphatic carbocycles. The van der Waals surface area contributed by atoms with Crippen molar-refractivity contribution in [2.24, 2.45) is 7.05 Å². The van der Waals surface area contributed by atoms with Crippen LogP contribution in [0.5, 0.6) is 0 Å². The second-order valence-corrected chi connectivity index (χ2v) is 4.73. The molecule has 1 aromatic carbocycles. The molecule has 2 aromatic rings. The van der Waals surface area contributed by atoms with Crippen molar-refractivity contribution in [2.75, 3.05) is 13.6 Å². The predicted molar refractivity (Wildman–Crippen MR) is 76.7 cm³/mol. The summed E-state index contributed by atoms with van der Waals surface area (Å²) >= 11 is 0. The van der Waals surface area contributed by atoms with E-state index in [-0.39, 0.29) is 11.2 Å². The first-order valence-electron chi connectivity index (χ1n) is 6.41. The van der Waals surface area contributed by atoms with E-state index >= 15 is 0 Å². The van der Waals surface area contributed by atoms with Crippen molar-refractivity contribution in [3.63, 3.8) is 0 Å². The monoisotopic (exact) mass is 261 g/mol. The van der Waals surface area contributed by atoms with Gasteiger partial charge in [-0.1, -0.05) is 12.1 Å². The number of nitrogens with one attached hydrogen (secondary N) is 1. The molecule has 5 heteroatoms. The van der Waals surface area contributed by atoms with E-state index in [0.29, 0.717) is 11.9 Å². The van der Waals surface area contributed by atoms with E-state index in [4.69, 9.17) is 0 Å². The minimum atomic E-state index is -0.247. The Hall–Kier alpha value is -1.88. The number of nitrogens with zero attached hydrogens (tertiary/aromatic N) is 2. The topological polar surface area (TPSA) is 56.0 Å². The molecular formula is C14H19N3O2. The standard InChI is InChI=1S/C14H19N3O2/c1-10-6-4-7-11-12(10)16(3)14(19)17(13(11)18)9-5-8-15-2/h4,6-7,15H,5,8-9H2,1-3H3. The Bertz CT molecular complexity index is 713. The van der Waals surface area contributed by atoms with Gasteiger partial charge in [0.1, 0.15) is 0 Å². The lowest BCUT2D eigenvalue weighted by atomic mass is 10.1. The number of benzene rings is 1. The van der Waals surface area contributed by atoms with E-state index in [1.165, 1.54) is 4.57 Å². The fourth-order valence-corrected chi connectivity index (χ4v) is 2.40. The van der Waals surface area contributed by atoms with Gasteiger partial charge in [0.05, 0.1) is 10.9 Å². The SMILES string of the molecule is CNCCCn1c(=O)c2cccc(C)c2n(C)c1=O. The highest BCUT2D eigenvalue weighted by Gasteiger charge is 2.11. The Labute approximate surface area is 111 Å². The highest BCUT2D eigenvalue weighted by Crippen LogP contribution is 2.12. The van der Waals surface area contributed by atoms with Crippen molar-refractivity contribution in [3.05, 3.63) is 44.6 Å². The molecule has 1 N–H and O–H groups in total. The van der Waals surface area contributed by atoms with E-state index in [9.17, 15) is 9.59 Å². The second kappa shape index (κ2) is 5.40. The van der Waals surface area contributed by atoms with Crippen LogP contribution in [-0.2, 0) is 13.6 Å². The fraction of sp³-hybridized carbons (Fsp3) is 0.429. The fourth-order valence-electron chi connectivity index (χ4n) is 2.40. The third-order valence-electron chi connectivity index (χ3n) is 3.38. The van der Waals surface area contributed by atoms with Gasteiger partial charge in [0.2, 0.25) is 0 Å². The van der Waals surface area contributed by atoms with Crippen LogP contribution in [-0.4, -0.2) is 22.7 Å². The van der Waals surface area contributed by atoms with Crippen LogP contribution >= 0.6 is 0 Å². The van der Waals surface area contributed by atoms with Gasteiger partial charge >= 0.3 is 5.69 Å². The summed E-state index contributed by atoms with van der Waals surface area (Å²) in [5, 5.41) is 3.62. The van der Waals surface area contributed by atoms with Gasteiger partial charge in [-0.3, -0.25) is 13.9 Å². The lowest BCUT2D eigenvalue weighted by molar-refractivity contribution is 0.559. The third-order valence-corrected chi connectivity index (χ3v) is 3.38. The number of aryl methyl sites for hydroxylation is 2. The van der Waals surface area contributed by atoms with Crippen LogP contribution < -0.4 is 16.6 Å². The maximum Gasteiger partial charge on any atom is 0.331 e. The van der Waals surface area contributed by atoms with E-state index < -0.39 is 0 Å². The summed E-state index contributed by atoms with van der Waals surface area (Å²) < 4.78 is 2.88. The summed E-state index contributed by atoms with van der Waals surface area (Å²) in [5.41, 5.74) is 1.22. The molecule has 0 unspecified atom stereocenters. The lowest BCUT2D eigenvalue weighted by Gasteiger charge is -2.12. The highest BCUT2D eigenvalue weighted by molar-refractivity contribution is 5.81.